The number of benzene rings is 1. The van der Waals surface area contributed by atoms with E-state index in [0.29, 0.717) is 6.54 Å². The molecule has 1 saturated carbocycles. The average molecular weight is 292 g/mol. The molecule has 1 fully saturated rings. The lowest BCUT2D eigenvalue weighted by Gasteiger charge is -2.31. The summed E-state index contributed by atoms with van der Waals surface area (Å²) in [5.74, 6) is -0.121. The highest BCUT2D eigenvalue weighted by molar-refractivity contribution is 6.00. The molecule has 2 rings (SSSR count). The van der Waals surface area contributed by atoms with Crippen LogP contribution in [0, 0.1) is 16.0 Å². The van der Waals surface area contributed by atoms with Crippen LogP contribution in [0.1, 0.15) is 36.0 Å². The fourth-order valence-electron chi connectivity index (χ4n) is 2.78. The lowest BCUT2D eigenvalue weighted by molar-refractivity contribution is -0.384. The van der Waals surface area contributed by atoms with E-state index in [2.05, 4.69) is 5.32 Å². The van der Waals surface area contributed by atoms with E-state index in [4.69, 9.17) is 11.5 Å². The zero-order valence-electron chi connectivity index (χ0n) is 11.7. The Morgan fingerprint density at radius 3 is 2.76 bits per heavy atom. The van der Waals surface area contributed by atoms with E-state index < -0.39 is 4.92 Å². The maximum absolute atomic E-state index is 12.3. The predicted molar refractivity (Wildman–Crippen MR) is 79.8 cm³/mol. The SMILES string of the molecule is NCC1CCCCC1NC(=O)c1cc([N+](=O)[O-])ccc1N. The van der Waals surface area contributed by atoms with E-state index in [1.54, 1.807) is 0 Å². The van der Waals surface area contributed by atoms with Crippen LogP contribution in [0.4, 0.5) is 11.4 Å². The van der Waals surface area contributed by atoms with E-state index >= 15 is 0 Å². The van der Waals surface area contributed by atoms with Crippen LogP contribution in [0.25, 0.3) is 0 Å². The van der Waals surface area contributed by atoms with Gasteiger partial charge in [0.1, 0.15) is 0 Å². The molecule has 0 bridgehead atoms. The first-order valence-electron chi connectivity index (χ1n) is 7.07. The van der Waals surface area contributed by atoms with Gasteiger partial charge < -0.3 is 16.8 Å². The molecule has 2 unspecified atom stereocenters. The number of nitro groups is 1. The van der Waals surface area contributed by atoms with Crippen LogP contribution in [0.3, 0.4) is 0 Å². The molecule has 1 aromatic rings. The number of nitrogens with two attached hydrogens (primary N) is 2. The highest BCUT2D eigenvalue weighted by atomic mass is 16.6. The summed E-state index contributed by atoms with van der Waals surface area (Å²) in [6, 6.07) is 3.89. The fraction of sp³-hybridized carbons (Fsp3) is 0.500. The van der Waals surface area contributed by atoms with E-state index in [1.807, 2.05) is 0 Å². The van der Waals surface area contributed by atoms with Gasteiger partial charge in [0.15, 0.2) is 0 Å². The van der Waals surface area contributed by atoms with Gasteiger partial charge in [-0.3, -0.25) is 14.9 Å². The molecule has 1 aliphatic rings. The number of nitro benzene ring substituents is 1. The second-order valence-corrected chi connectivity index (χ2v) is 5.39. The van der Waals surface area contributed by atoms with E-state index in [0.717, 1.165) is 25.7 Å². The Morgan fingerprint density at radius 2 is 2.10 bits per heavy atom. The first-order valence-corrected chi connectivity index (χ1v) is 7.07. The molecule has 0 saturated heterocycles. The van der Waals surface area contributed by atoms with Crippen LogP contribution in [-0.4, -0.2) is 23.4 Å². The third-order valence-corrected chi connectivity index (χ3v) is 4.02. The molecule has 1 aliphatic carbocycles. The fourth-order valence-corrected chi connectivity index (χ4v) is 2.78. The Balaban J connectivity index is 2.16. The number of nitrogen functional groups attached to an aromatic ring is 1. The molecule has 7 heteroatoms. The zero-order chi connectivity index (χ0) is 15.4. The molecule has 0 aromatic heterocycles. The third kappa shape index (κ3) is 3.49. The quantitative estimate of drug-likeness (QED) is 0.440. The number of anilines is 1. The number of rotatable bonds is 4. The monoisotopic (exact) mass is 292 g/mol. The van der Waals surface area contributed by atoms with Gasteiger partial charge in [0, 0.05) is 23.9 Å². The minimum atomic E-state index is -0.542. The molecule has 1 amide bonds. The van der Waals surface area contributed by atoms with Crippen molar-refractivity contribution in [2.45, 2.75) is 31.7 Å². The molecule has 2 atom stereocenters. The Kier molecular flexibility index (Phi) is 4.74. The standard InChI is InChI=1S/C14H20N4O3/c15-8-9-3-1-2-4-13(9)17-14(19)11-7-10(18(20)21)5-6-12(11)16/h5-7,9,13H,1-4,8,15-16H2,(H,17,19). The summed E-state index contributed by atoms with van der Waals surface area (Å²) in [5, 5.41) is 13.7. The van der Waals surface area contributed by atoms with Crippen molar-refractivity contribution < 1.29 is 9.72 Å². The summed E-state index contributed by atoms with van der Waals surface area (Å²) >= 11 is 0. The number of carbonyl (C=O) groups excluding carboxylic acids is 1. The topological polar surface area (TPSA) is 124 Å². The summed E-state index contributed by atoms with van der Waals surface area (Å²) in [4.78, 5) is 22.6. The highest BCUT2D eigenvalue weighted by Gasteiger charge is 2.26. The van der Waals surface area contributed by atoms with Crippen molar-refractivity contribution in [3.05, 3.63) is 33.9 Å². The van der Waals surface area contributed by atoms with Gasteiger partial charge in [0.25, 0.3) is 11.6 Å². The van der Waals surface area contributed by atoms with Crippen LogP contribution in [0.2, 0.25) is 0 Å². The van der Waals surface area contributed by atoms with Crippen molar-refractivity contribution in [1.29, 1.82) is 0 Å². The molecule has 0 spiro atoms. The molecule has 1 aromatic carbocycles. The smallest absolute Gasteiger partial charge is 0.270 e. The van der Waals surface area contributed by atoms with E-state index in [-0.39, 0.29) is 34.8 Å². The average Bonchev–Trinajstić information content (AvgIpc) is 2.47. The normalized spacial score (nSPS) is 21.8. The summed E-state index contributed by atoms with van der Waals surface area (Å²) in [6.07, 6.45) is 4.04. The summed E-state index contributed by atoms with van der Waals surface area (Å²) in [6.45, 7) is 0.523. The van der Waals surface area contributed by atoms with Crippen LogP contribution in [-0.2, 0) is 0 Å². The van der Waals surface area contributed by atoms with Crippen molar-refractivity contribution in [2.24, 2.45) is 11.7 Å². The van der Waals surface area contributed by atoms with Gasteiger partial charge in [-0.1, -0.05) is 12.8 Å². The number of nitrogens with one attached hydrogen (secondary N) is 1. The largest absolute Gasteiger partial charge is 0.398 e. The van der Waals surface area contributed by atoms with E-state index in [1.165, 1.54) is 18.2 Å². The van der Waals surface area contributed by atoms with Gasteiger partial charge in [-0.25, -0.2) is 0 Å². The number of nitrogens with zero attached hydrogens (tertiary/aromatic N) is 1. The molecule has 0 aliphatic heterocycles. The number of hydrogen-bond acceptors (Lipinski definition) is 5. The first kappa shape index (κ1) is 15.2. The Morgan fingerprint density at radius 1 is 1.38 bits per heavy atom. The second kappa shape index (κ2) is 6.53. The molecule has 7 nitrogen and oxygen atoms in total. The van der Waals surface area contributed by atoms with Crippen LogP contribution in [0.5, 0.6) is 0 Å². The Labute approximate surface area is 122 Å². The van der Waals surface area contributed by atoms with Gasteiger partial charge in [-0.2, -0.15) is 0 Å². The molecule has 21 heavy (non-hydrogen) atoms. The zero-order valence-corrected chi connectivity index (χ0v) is 11.7. The van der Waals surface area contributed by atoms with Gasteiger partial charge in [-0.15, -0.1) is 0 Å². The van der Waals surface area contributed by atoms with Crippen molar-refractivity contribution in [3.8, 4) is 0 Å². The second-order valence-electron chi connectivity index (χ2n) is 5.39. The summed E-state index contributed by atoms with van der Waals surface area (Å²) in [7, 11) is 0. The van der Waals surface area contributed by atoms with Crippen molar-refractivity contribution >= 4 is 17.3 Å². The van der Waals surface area contributed by atoms with Gasteiger partial charge in [0.05, 0.1) is 10.5 Å². The minimum Gasteiger partial charge on any atom is -0.398 e. The van der Waals surface area contributed by atoms with Crippen molar-refractivity contribution in [3.63, 3.8) is 0 Å². The molecule has 114 valence electrons. The Bertz CT molecular complexity index is 547. The number of carbonyl (C=O) groups is 1. The predicted octanol–water partition coefficient (Wildman–Crippen LogP) is 1.42. The molecule has 5 N–H and O–H groups in total. The number of hydrogen-bond donors (Lipinski definition) is 3. The Hall–Kier alpha value is -2.15. The maximum atomic E-state index is 12.3. The summed E-state index contributed by atoms with van der Waals surface area (Å²) < 4.78 is 0. The molecule has 0 radical (unpaired) electrons. The van der Waals surface area contributed by atoms with Gasteiger partial charge >= 0.3 is 0 Å². The van der Waals surface area contributed by atoms with Crippen LogP contribution >= 0.6 is 0 Å². The first-order chi connectivity index (χ1) is 10.0. The lowest BCUT2D eigenvalue weighted by Crippen LogP contribution is -2.44. The van der Waals surface area contributed by atoms with Crippen molar-refractivity contribution in [2.75, 3.05) is 12.3 Å². The minimum absolute atomic E-state index is 0.00918. The molecule has 0 heterocycles. The molecular weight excluding hydrogens is 272 g/mol. The van der Waals surface area contributed by atoms with Gasteiger partial charge in [-0.05, 0) is 31.4 Å². The summed E-state index contributed by atoms with van der Waals surface area (Å²) in [5.41, 5.74) is 11.7. The van der Waals surface area contributed by atoms with Crippen LogP contribution < -0.4 is 16.8 Å². The lowest BCUT2D eigenvalue weighted by atomic mass is 9.84. The van der Waals surface area contributed by atoms with E-state index in [9.17, 15) is 14.9 Å². The van der Waals surface area contributed by atoms with Crippen LogP contribution in [0.15, 0.2) is 18.2 Å². The third-order valence-electron chi connectivity index (χ3n) is 4.02. The number of amides is 1. The molecular formula is C14H20N4O3. The van der Waals surface area contributed by atoms with Crippen molar-refractivity contribution in [1.82, 2.24) is 5.32 Å². The highest BCUT2D eigenvalue weighted by Crippen LogP contribution is 2.25. The maximum Gasteiger partial charge on any atom is 0.270 e. The van der Waals surface area contributed by atoms with Gasteiger partial charge in [0.2, 0.25) is 0 Å². The number of non-ortho nitro benzene ring substituents is 1.